The van der Waals surface area contributed by atoms with E-state index in [1.165, 1.54) is 154 Å². The summed E-state index contributed by atoms with van der Waals surface area (Å²) in [5.41, 5.74) is 0. The molecular weight excluding hydrogens is 711 g/mol. The van der Waals surface area contributed by atoms with E-state index in [9.17, 15) is 14.2 Å². The summed E-state index contributed by atoms with van der Waals surface area (Å²) in [5, 5.41) is 0. The molecule has 0 radical (unpaired) electrons. The van der Waals surface area contributed by atoms with Crippen molar-refractivity contribution in [3.8, 4) is 0 Å². The smallest absolute Gasteiger partial charge is 0.462 e. The number of hydrogen-bond donors (Lipinski definition) is 2. The Labute approximate surface area is 339 Å². The minimum atomic E-state index is -4.76. The van der Waals surface area contributed by atoms with Crippen molar-refractivity contribution in [1.82, 2.24) is 0 Å². The van der Waals surface area contributed by atoms with E-state index in [0.29, 0.717) is 12.8 Å². The number of allylic oxidation sites excluding steroid dienone is 4. The van der Waals surface area contributed by atoms with E-state index in [1.807, 2.05) is 0 Å². The SMILES string of the molecule is CCCCCCC/C=C/CCCCCCCC(=O)OC[C@H](COP(=O)(O)O)OC(=O)CCC/C=C/CCCCCCCCCCCCCCCCCCCC. The summed E-state index contributed by atoms with van der Waals surface area (Å²) in [6.45, 7) is 3.67. The molecule has 0 aromatic carbocycles. The third-order valence-electron chi connectivity index (χ3n) is 10.2. The minimum Gasteiger partial charge on any atom is -0.462 e. The van der Waals surface area contributed by atoms with Crippen LogP contribution in [0.4, 0.5) is 0 Å². The second kappa shape index (κ2) is 42.1. The first-order valence-electron chi connectivity index (χ1n) is 23.1. The zero-order chi connectivity index (χ0) is 40.3. The molecule has 1 atom stereocenters. The fraction of sp³-hybridized carbons (Fsp3) is 0.870. The number of phosphoric ester groups is 1. The Kier molecular flexibility index (Phi) is 41.0. The Morgan fingerprint density at radius 2 is 0.782 bits per heavy atom. The van der Waals surface area contributed by atoms with Crippen molar-refractivity contribution in [2.75, 3.05) is 13.2 Å². The van der Waals surface area contributed by atoms with Gasteiger partial charge in [-0.05, 0) is 57.8 Å². The van der Waals surface area contributed by atoms with E-state index in [2.05, 4.69) is 42.7 Å². The number of rotatable bonds is 43. The van der Waals surface area contributed by atoms with E-state index in [1.54, 1.807) is 0 Å². The summed E-state index contributed by atoms with van der Waals surface area (Å²) in [5.74, 6) is -0.923. The number of phosphoric acid groups is 1. The average Bonchev–Trinajstić information content (AvgIpc) is 3.16. The summed E-state index contributed by atoms with van der Waals surface area (Å²) in [6.07, 6.45) is 49.2. The monoisotopic (exact) mass is 799 g/mol. The number of esters is 2. The molecule has 55 heavy (non-hydrogen) atoms. The van der Waals surface area contributed by atoms with Crippen molar-refractivity contribution in [2.24, 2.45) is 0 Å². The van der Waals surface area contributed by atoms with Crippen LogP contribution in [-0.2, 0) is 28.2 Å². The molecular formula is C46H87O8P. The zero-order valence-corrected chi connectivity index (χ0v) is 36.7. The molecule has 0 rings (SSSR count). The second-order valence-electron chi connectivity index (χ2n) is 15.7. The van der Waals surface area contributed by atoms with Crippen LogP contribution in [0.25, 0.3) is 0 Å². The average molecular weight is 799 g/mol. The van der Waals surface area contributed by atoms with Crippen LogP contribution < -0.4 is 0 Å². The predicted molar refractivity (Wildman–Crippen MR) is 230 cm³/mol. The number of carbonyl (C=O) groups is 2. The van der Waals surface area contributed by atoms with Gasteiger partial charge in [0.25, 0.3) is 0 Å². The molecule has 0 bridgehead atoms. The second-order valence-corrected chi connectivity index (χ2v) is 17.0. The lowest BCUT2D eigenvalue weighted by Gasteiger charge is -2.18. The van der Waals surface area contributed by atoms with Crippen LogP contribution in [0.3, 0.4) is 0 Å². The lowest BCUT2D eigenvalue weighted by Crippen LogP contribution is -2.29. The van der Waals surface area contributed by atoms with Gasteiger partial charge in [-0.15, -0.1) is 0 Å². The summed E-state index contributed by atoms with van der Waals surface area (Å²) in [4.78, 5) is 42.9. The molecule has 0 aromatic rings. The third kappa shape index (κ3) is 45.1. The minimum absolute atomic E-state index is 0.165. The first-order chi connectivity index (χ1) is 26.8. The highest BCUT2D eigenvalue weighted by Gasteiger charge is 2.22. The highest BCUT2D eigenvalue weighted by molar-refractivity contribution is 7.46. The molecule has 0 saturated heterocycles. The van der Waals surface area contributed by atoms with Crippen molar-refractivity contribution in [1.29, 1.82) is 0 Å². The molecule has 0 fully saturated rings. The normalized spacial score (nSPS) is 12.6. The van der Waals surface area contributed by atoms with Crippen LogP contribution in [-0.4, -0.2) is 41.0 Å². The Morgan fingerprint density at radius 3 is 1.16 bits per heavy atom. The molecule has 324 valence electrons. The van der Waals surface area contributed by atoms with E-state index in [-0.39, 0.29) is 19.4 Å². The van der Waals surface area contributed by atoms with Crippen molar-refractivity contribution in [3.63, 3.8) is 0 Å². The number of carbonyl (C=O) groups excluding carboxylic acids is 2. The van der Waals surface area contributed by atoms with Gasteiger partial charge in [-0.2, -0.15) is 0 Å². The van der Waals surface area contributed by atoms with Crippen LogP contribution in [0.15, 0.2) is 24.3 Å². The summed E-state index contributed by atoms with van der Waals surface area (Å²) in [6, 6.07) is 0. The standard InChI is InChI=1S/C46H87O8P/c1-3-5-7-9-11-13-15-17-19-20-21-22-23-24-25-26-27-29-31-33-35-37-39-41-46(48)54-44(43-53-55(49,50)51)42-52-45(47)40-38-36-34-32-30-28-18-16-14-12-10-8-6-4-2/h16,18,33,35,44H,3-15,17,19-32,34,36-43H2,1-2H3,(H2,49,50,51)/b18-16+,35-33+/t44-/m1/s1. The van der Waals surface area contributed by atoms with Crippen molar-refractivity contribution >= 4 is 19.8 Å². The maximum absolute atomic E-state index is 12.4. The highest BCUT2D eigenvalue weighted by atomic mass is 31.2. The van der Waals surface area contributed by atoms with Gasteiger partial charge in [0.1, 0.15) is 6.61 Å². The van der Waals surface area contributed by atoms with Gasteiger partial charge in [0, 0.05) is 12.8 Å². The predicted octanol–water partition coefficient (Wildman–Crippen LogP) is 14.4. The van der Waals surface area contributed by atoms with E-state index in [0.717, 1.165) is 44.9 Å². The van der Waals surface area contributed by atoms with Gasteiger partial charge in [-0.1, -0.05) is 192 Å². The van der Waals surface area contributed by atoms with Gasteiger partial charge in [0.15, 0.2) is 6.10 Å². The van der Waals surface area contributed by atoms with Crippen molar-refractivity contribution in [3.05, 3.63) is 24.3 Å². The van der Waals surface area contributed by atoms with Gasteiger partial charge < -0.3 is 19.3 Å². The fourth-order valence-corrected chi connectivity index (χ4v) is 7.09. The van der Waals surface area contributed by atoms with Crippen LogP contribution in [0.2, 0.25) is 0 Å². The van der Waals surface area contributed by atoms with Gasteiger partial charge in [0.05, 0.1) is 6.61 Å². The summed E-state index contributed by atoms with van der Waals surface area (Å²) < 4.78 is 26.4. The molecule has 0 heterocycles. The number of unbranched alkanes of at least 4 members (excludes halogenated alkanes) is 29. The first-order valence-corrected chi connectivity index (χ1v) is 24.7. The molecule has 0 spiro atoms. The largest absolute Gasteiger partial charge is 0.469 e. The Morgan fingerprint density at radius 1 is 0.455 bits per heavy atom. The van der Waals surface area contributed by atoms with E-state index >= 15 is 0 Å². The fourth-order valence-electron chi connectivity index (χ4n) is 6.73. The number of ether oxygens (including phenoxy) is 2. The highest BCUT2D eigenvalue weighted by Crippen LogP contribution is 2.36. The van der Waals surface area contributed by atoms with Crippen LogP contribution in [0, 0.1) is 0 Å². The molecule has 0 aromatic heterocycles. The molecule has 0 aliphatic rings. The molecule has 0 saturated carbocycles. The lowest BCUT2D eigenvalue weighted by atomic mass is 10.0. The molecule has 0 aliphatic heterocycles. The van der Waals surface area contributed by atoms with Crippen LogP contribution >= 0.6 is 7.82 Å². The van der Waals surface area contributed by atoms with Crippen molar-refractivity contribution in [2.45, 2.75) is 245 Å². The lowest BCUT2D eigenvalue weighted by molar-refractivity contribution is -0.161. The molecule has 0 unspecified atom stereocenters. The third-order valence-corrected chi connectivity index (χ3v) is 10.7. The zero-order valence-electron chi connectivity index (χ0n) is 35.8. The van der Waals surface area contributed by atoms with Gasteiger partial charge in [-0.3, -0.25) is 14.1 Å². The van der Waals surface area contributed by atoms with Crippen LogP contribution in [0.1, 0.15) is 239 Å². The van der Waals surface area contributed by atoms with E-state index in [4.69, 9.17) is 19.3 Å². The molecule has 2 N–H and O–H groups in total. The molecule has 8 nitrogen and oxygen atoms in total. The maximum Gasteiger partial charge on any atom is 0.469 e. The summed E-state index contributed by atoms with van der Waals surface area (Å²) >= 11 is 0. The van der Waals surface area contributed by atoms with Gasteiger partial charge in [0.2, 0.25) is 0 Å². The molecule has 0 aliphatic carbocycles. The molecule has 0 amide bonds. The number of hydrogen-bond acceptors (Lipinski definition) is 6. The maximum atomic E-state index is 12.4. The van der Waals surface area contributed by atoms with Crippen molar-refractivity contribution < 1.29 is 37.9 Å². The first kappa shape index (κ1) is 53.5. The molecule has 9 heteroatoms. The van der Waals surface area contributed by atoms with Gasteiger partial charge >= 0.3 is 19.8 Å². The summed E-state index contributed by atoms with van der Waals surface area (Å²) in [7, 11) is -4.76. The van der Waals surface area contributed by atoms with E-state index < -0.39 is 32.5 Å². The Bertz CT molecular complexity index is 946. The Balaban J connectivity index is 3.85. The quantitative estimate of drug-likeness (QED) is 0.0271. The van der Waals surface area contributed by atoms with Crippen LogP contribution in [0.5, 0.6) is 0 Å². The topological polar surface area (TPSA) is 119 Å². The van der Waals surface area contributed by atoms with Gasteiger partial charge in [-0.25, -0.2) is 4.57 Å². The Hall–Kier alpha value is -1.47.